The van der Waals surface area contributed by atoms with E-state index in [-0.39, 0.29) is 18.2 Å². The van der Waals surface area contributed by atoms with E-state index in [9.17, 15) is 19.5 Å². The normalized spacial score (nSPS) is 19.4. The number of aromatic nitrogens is 1. The zero-order valence-corrected chi connectivity index (χ0v) is 20.9. The molecule has 0 saturated heterocycles. The van der Waals surface area contributed by atoms with Crippen molar-refractivity contribution >= 4 is 28.7 Å². The Morgan fingerprint density at radius 3 is 2.50 bits per heavy atom. The summed E-state index contributed by atoms with van der Waals surface area (Å²) in [6, 6.07) is 15.3. The van der Waals surface area contributed by atoms with Crippen LogP contribution in [-0.4, -0.2) is 51.9 Å². The maximum absolute atomic E-state index is 13.6. The number of para-hydroxylation sites is 1. The Bertz CT molecular complexity index is 1210. The van der Waals surface area contributed by atoms with E-state index >= 15 is 0 Å². The zero-order valence-electron chi connectivity index (χ0n) is 20.9. The molecule has 4 rings (SSSR count). The molecule has 1 fully saturated rings. The number of carbonyl (C=O) groups is 3. The van der Waals surface area contributed by atoms with Gasteiger partial charge in [-0.1, -0.05) is 68.3 Å². The highest BCUT2D eigenvalue weighted by molar-refractivity contribution is 5.92. The number of aliphatic carboxylic acids is 1. The van der Waals surface area contributed by atoms with E-state index in [1.54, 1.807) is 13.2 Å². The molecule has 4 atom stereocenters. The molecule has 0 radical (unpaired) electrons. The topological polar surface area (TPSA) is 103 Å². The van der Waals surface area contributed by atoms with Crippen LogP contribution in [0.4, 0.5) is 0 Å². The molecule has 1 heterocycles. The number of nitrogens with one attached hydrogen (secondary N) is 2. The molecule has 1 aliphatic carbocycles. The number of carboxylic acid groups (broad SMARTS) is 1. The number of hydrogen-bond acceptors (Lipinski definition) is 3. The summed E-state index contributed by atoms with van der Waals surface area (Å²) in [4.78, 5) is 43.9. The Hall–Kier alpha value is -3.61. The maximum atomic E-state index is 13.6. The van der Waals surface area contributed by atoms with E-state index in [0.29, 0.717) is 12.3 Å². The van der Waals surface area contributed by atoms with Crippen molar-refractivity contribution in [1.29, 1.82) is 0 Å². The minimum absolute atomic E-state index is 0.0406. The average Bonchev–Trinajstić information content (AvgIpc) is 3.29. The summed E-state index contributed by atoms with van der Waals surface area (Å²) in [5, 5.41) is 13.6. The summed E-state index contributed by atoms with van der Waals surface area (Å²) in [6.07, 6.45) is 6.01. The summed E-state index contributed by atoms with van der Waals surface area (Å²) < 4.78 is 0. The van der Waals surface area contributed by atoms with Gasteiger partial charge in [-0.2, -0.15) is 0 Å². The third-order valence-corrected chi connectivity index (χ3v) is 7.39. The van der Waals surface area contributed by atoms with Crippen LogP contribution >= 0.6 is 0 Å². The Morgan fingerprint density at radius 1 is 1.06 bits per heavy atom. The van der Waals surface area contributed by atoms with Crippen molar-refractivity contribution in [1.82, 2.24) is 15.2 Å². The van der Waals surface area contributed by atoms with Gasteiger partial charge in [-0.3, -0.25) is 9.59 Å². The highest BCUT2D eigenvalue weighted by Crippen LogP contribution is 2.30. The first kappa shape index (κ1) is 25.5. The number of benzene rings is 2. The van der Waals surface area contributed by atoms with Crippen molar-refractivity contribution in [3.8, 4) is 0 Å². The van der Waals surface area contributed by atoms with Crippen LogP contribution in [0.2, 0.25) is 0 Å². The average molecular weight is 490 g/mol. The molecule has 0 aliphatic heterocycles. The smallest absolute Gasteiger partial charge is 0.326 e. The Kier molecular flexibility index (Phi) is 8.08. The number of aromatic amines is 1. The fourth-order valence-corrected chi connectivity index (χ4v) is 5.33. The second-order valence-electron chi connectivity index (χ2n) is 10.1. The van der Waals surface area contributed by atoms with Gasteiger partial charge < -0.3 is 20.3 Å². The van der Waals surface area contributed by atoms with E-state index in [2.05, 4.69) is 17.2 Å². The summed E-state index contributed by atoms with van der Waals surface area (Å²) in [6.45, 7) is 2.16. The van der Waals surface area contributed by atoms with Crippen molar-refractivity contribution in [3.05, 3.63) is 71.9 Å². The lowest BCUT2D eigenvalue weighted by Gasteiger charge is -2.34. The predicted octanol–water partition coefficient (Wildman–Crippen LogP) is 4.18. The number of H-pyrrole nitrogens is 1. The van der Waals surface area contributed by atoms with Crippen molar-refractivity contribution in [2.45, 2.75) is 57.5 Å². The lowest BCUT2D eigenvalue weighted by atomic mass is 9.81. The van der Waals surface area contributed by atoms with Crippen LogP contribution in [0.5, 0.6) is 0 Å². The van der Waals surface area contributed by atoms with Gasteiger partial charge in [-0.05, 0) is 36.0 Å². The number of carbonyl (C=O) groups excluding carboxylic acids is 2. The maximum Gasteiger partial charge on any atom is 0.326 e. The molecule has 2 amide bonds. The first-order valence-electron chi connectivity index (χ1n) is 12.7. The number of amides is 2. The number of rotatable bonds is 9. The highest BCUT2D eigenvalue weighted by Gasteiger charge is 2.35. The fraction of sp³-hybridized carbons (Fsp3) is 0.414. The quantitative estimate of drug-likeness (QED) is 0.420. The van der Waals surface area contributed by atoms with Crippen LogP contribution in [0.1, 0.15) is 43.7 Å². The van der Waals surface area contributed by atoms with Gasteiger partial charge in [0, 0.05) is 42.9 Å². The van der Waals surface area contributed by atoms with E-state index in [0.717, 1.165) is 47.7 Å². The minimum Gasteiger partial charge on any atom is -0.480 e. The van der Waals surface area contributed by atoms with Gasteiger partial charge in [0.25, 0.3) is 0 Å². The SMILES string of the molecule is CC1CCCC(C(=O)N(C)[C@@H](Cc2ccccc2)C(=O)N[C@@H](Cc2c[nH]c3ccccc23)C(=O)O)C1. The van der Waals surface area contributed by atoms with E-state index < -0.39 is 24.0 Å². The van der Waals surface area contributed by atoms with Crippen LogP contribution in [-0.2, 0) is 27.2 Å². The molecule has 0 bridgehead atoms. The highest BCUT2D eigenvalue weighted by atomic mass is 16.4. The van der Waals surface area contributed by atoms with E-state index in [1.807, 2.05) is 54.6 Å². The third kappa shape index (κ3) is 5.96. The minimum atomic E-state index is -1.12. The molecule has 7 nitrogen and oxygen atoms in total. The van der Waals surface area contributed by atoms with Crippen LogP contribution in [0.15, 0.2) is 60.8 Å². The van der Waals surface area contributed by atoms with Crippen molar-refractivity contribution in [2.24, 2.45) is 11.8 Å². The van der Waals surface area contributed by atoms with Crippen molar-refractivity contribution in [2.75, 3.05) is 7.05 Å². The third-order valence-electron chi connectivity index (χ3n) is 7.39. The lowest BCUT2D eigenvalue weighted by Crippen LogP contribution is -2.54. The standard InChI is InChI=1S/C29H35N3O4/c1-19-9-8-12-21(15-19)28(34)32(2)26(16-20-10-4-3-5-11-20)27(33)31-25(29(35)36)17-22-18-30-24-14-7-6-13-23(22)24/h3-7,10-11,13-14,18-19,21,25-26,30H,8-9,12,15-17H2,1-2H3,(H,31,33)(H,35,36)/t19?,21?,25-,26-/m0/s1. The van der Waals surface area contributed by atoms with Crippen molar-refractivity contribution < 1.29 is 19.5 Å². The number of nitrogens with zero attached hydrogens (tertiary/aromatic N) is 1. The molecule has 0 spiro atoms. The van der Waals surface area contributed by atoms with Gasteiger partial charge in [0.05, 0.1) is 0 Å². The van der Waals surface area contributed by atoms with Crippen LogP contribution in [0, 0.1) is 11.8 Å². The molecule has 3 aromatic rings. The number of fused-ring (bicyclic) bond motifs is 1. The summed E-state index contributed by atoms with van der Waals surface area (Å²) in [7, 11) is 1.67. The second kappa shape index (κ2) is 11.4. The summed E-state index contributed by atoms with van der Waals surface area (Å²) in [5.41, 5.74) is 2.65. The first-order valence-corrected chi connectivity index (χ1v) is 12.7. The molecule has 1 saturated carbocycles. The Morgan fingerprint density at radius 2 is 1.78 bits per heavy atom. The molecular weight excluding hydrogens is 454 g/mol. The summed E-state index contributed by atoms with van der Waals surface area (Å²) in [5.74, 6) is -1.23. The fourth-order valence-electron chi connectivity index (χ4n) is 5.33. The number of hydrogen-bond donors (Lipinski definition) is 3. The van der Waals surface area contributed by atoms with Crippen LogP contribution in [0.3, 0.4) is 0 Å². The molecule has 2 aromatic carbocycles. The molecular formula is C29H35N3O4. The molecule has 1 aliphatic rings. The van der Waals surface area contributed by atoms with Gasteiger partial charge in [0.2, 0.25) is 11.8 Å². The molecule has 7 heteroatoms. The molecule has 36 heavy (non-hydrogen) atoms. The van der Waals surface area contributed by atoms with E-state index in [1.165, 1.54) is 4.90 Å². The first-order chi connectivity index (χ1) is 17.3. The monoisotopic (exact) mass is 489 g/mol. The number of likely N-dealkylation sites (N-methyl/N-ethyl adjacent to an activating group) is 1. The Balaban J connectivity index is 1.54. The largest absolute Gasteiger partial charge is 0.480 e. The molecule has 2 unspecified atom stereocenters. The molecule has 1 aromatic heterocycles. The van der Waals surface area contributed by atoms with Crippen molar-refractivity contribution in [3.63, 3.8) is 0 Å². The van der Waals surface area contributed by atoms with Gasteiger partial charge in [0.1, 0.15) is 12.1 Å². The Labute approximate surface area is 211 Å². The lowest BCUT2D eigenvalue weighted by molar-refractivity contribution is -0.145. The number of carboxylic acids is 1. The van der Waals surface area contributed by atoms with Gasteiger partial charge in [-0.25, -0.2) is 4.79 Å². The zero-order chi connectivity index (χ0) is 25.7. The van der Waals surface area contributed by atoms with Crippen LogP contribution < -0.4 is 5.32 Å². The summed E-state index contributed by atoms with van der Waals surface area (Å²) >= 11 is 0. The van der Waals surface area contributed by atoms with Gasteiger partial charge >= 0.3 is 5.97 Å². The molecule has 190 valence electrons. The second-order valence-corrected chi connectivity index (χ2v) is 10.1. The van der Waals surface area contributed by atoms with E-state index in [4.69, 9.17) is 0 Å². The van der Waals surface area contributed by atoms with Gasteiger partial charge in [-0.15, -0.1) is 0 Å². The molecule has 3 N–H and O–H groups in total. The predicted molar refractivity (Wildman–Crippen MR) is 139 cm³/mol. The van der Waals surface area contributed by atoms with Crippen LogP contribution in [0.25, 0.3) is 10.9 Å². The van der Waals surface area contributed by atoms with Gasteiger partial charge in [0.15, 0.2) is 0 Å².